The van der Waals surface area contributed by atoms with Crippen molar-refractivity contribution in [2.24, 2.45) is 5.41 Å². The third-order valence-corrected chi connectivity index (χ3v) is 6.06. The van der Waals surface area contributed by atoms with Gasteiger partial charge in [0.15, 0.2) is 11.6 Å². The number of aromatic nitrogens is 4. The monoisotopic (exact) mass is 479 g/mol. The summed E-state index contributed by atoms with van der Waals surface area (Å²) in [7, 11) is 0. The minimum absolute atomic E-state index is 0.00186. The average molecular weight is 479 g/mol. The fourth-order valence-electron chi connectivity index (χ4n) is 3.36. The molecule has 0 spiro atoms. The summed E-state index contributed by atoms with van der Waals surface area (Å²) in [5.74, 6) is -1.60. The van der Waals surface area contributed by atoms with Crippen LogP contribution in [-0.2, 0) is 0 Å². The fraction of sp³-hybridized carbons (Fsp3) is 0.286. The van der Waals surface area contributed by atoms with E-state index in [1.165, 1.54) is 18.5 Å². The number of thioether (sulfide) groups is 1. The highest BCUT2D eigenvalue weighted by Crippen LogP contribution is 2.54. The van der Waals surface area contributed by atoms with E-state index in [-0.39, 0.29) is 17.3 Å². The number of hydrogen-bond acceptors (Lipinski definition) is 6. The minimum atomic E-state index is -4.62. The van der Waals surface area contributed by atoms with Crippen molar-refractivity contribution < 1.29 is 22.4 Å². The molecule has 1 aliphatic carbocycles. The van der Waals surface area contributed by atoms with Gasteiger partial charge in [-0.05, 0) is 53.8 Å². The summed E-state index contributed by atoms with van der Waals surface area (Å²) in [6.45, 7) is 1.88. The number of rotatable bonds is 6. The number of aromatic amines is 1. The van der Waals surface area contributed by atoms with Gasteiger partial charge in [-0.25, -0.2) is 19.3 Å². The maximum absolute atomic E-state index is 14.4. The zero-order valence-electron chi connectivity index (χ0n) is 17.1. The first kappa shape index (κ1) is 22.9. The van der Waals surface area contributed by atoms with Gasteiger partial charge in [0.1, 0.15) is 11.5 Å². The Morgan fingerprint density at radius 3 is 2.52 bits per heavy atom. The topological polar surface area (TPSA) is 101 Å². The molecule has 12 heteroatoms. The molecule has 2 heterocycles. The number of amides is 1. The molecule has 3 aromatic rings. The first-order chi connectivity index (χ1) is 15.5. The Morgan fingerprint density at radius 2 is 1.91 bits per heavy atom. The van der Waals surface area contributed by atoms with E-state index in [1.807, 2.05) is 6.92 Å². The average Bonchev–Trinajstić information content (AvgIpc) is 3.51. The third kappa shape index (κ3) is 5.38. The molecule has 1 saturated carbocycles. The second kappa shape index (κ2) is 8.58. The number of halogens is 4. The minimum Gasteiger partial charge on any atom is -0.343 e. The molecule has 4 rings (SSSR count). The largest absolute Gasteiger partial charge is 0.446 e. The normalized spacial score (nSPS) is 15.7. The van der Waals surface area contributed by atoms with Crippen LogP contribution >= 0.6 is 11.8 Å². The molecule has 1 aliphatic rings. The molecule has 1 fully saturated rings. The molecule has 0 bridgehead atoms. The SMILES string of the molecule is CC1([C@H](NC(=O)c2cc(=O)[nH]c(-c3ncccn3)n2)c2ccc(SC(F)(F)F)c(F)c2)CC1. The van der Waals surface area contributed by atoms with Gasteiger partial charge in [0, 0.05) is 18.5 Å². The van der Waals surface area contributed by atoms with Crippen molar-refractivity contribution in [1.29, 1.82) is 0 Å². The molecule has 7 nitrogen and oxygen atoms in total. The van der Waals surface area contributed by atoms with Gasteiger partial charge in [0.2, 0.25) is 0 Å². The summed E-state index contributed by atoms with van der Waals surface area (Å²) < 4.78 is 52.3. The van der Waals surface area contributed by atoms with E-state index in [9.17, 15) is 27.2 Å². The van der Waals surface area contributed by atoms with Crippen LogP contribution < -0.4 is 10.9 Å². The highest BCUT2D eigenvalue weighted by molar-refractivity contribution is 8.00. The molecule has 2 N–H and O–H groups in total. The van der Waals surface area contributed by atoms with Crippen LogP contribution in [0.15, 0.2) is 52.4 Å². The van der Waals surface area contributed by atoms with Crippen LogP contribution in [0.2, 0.25) is 0 Å². The van der Waals surface area contributed by atoms with Gasteiger partial charge in [-0.3, -0.25) is 9.59 Å². The lowest BCUT2D eigenvalue weighted by atomic mass is 9.91. The number of H-pyrrole nitrogens is 1. The van der Waals surface area contributed by atoms with Crippen molar-refractivity contribution in [3.63, 3.8) is 0 Å². The quantitative estimate of drug-likeness (QED) is 0.405. The lowest BCUT2D eigenvalue weighted by Crippen LogP contribution is -2.35. The van der Waals surface area contributed by atoms with E-state index in [0.717, 1.165) is 31.0 Å². The fourth-order valence-corrected chi connectivity index (χ4v) is 3.90. The smallest absolute Gasteiger partial charge is 0.343 e. The lowest BCUT2D eigenvalue weighted by molar-refractivity contribution is -0.0329. The first-order valence-corrected chi connectivity index (χ1v) is 10.6. The number of carbonyl (C=O) groups is 1. The molecular weight excluding hydrogens is 462 g/mol. The Kier molecular flexibility index (Phi) is 5.95. The van der Waals surface area contributed by atoms with E-state index in [2.05, 4.69) is 25.3 Å². The van der Waals surface area contributed by atoms with Crippen molar-refractivity contribution in [1.82, 2.24) is 25.3 Å². The number of alkyl halides is 3. The zero-order chi connectivity index (χ0) is 23.8. The standard InChI is InChI=1S/C21H17F4N5O2S/c1-20(5-6-20)16(11-3-4-14(12(22)9-11)33-21(23,24)25)30-19(32)13-10-15(31)29-18(28-13)17-26-7-2-8-27-17/h2-4,7-10,16H,5-6H2,1H3,(H,30,32)(H,28,29,31)/t16-/m1/s1. The van der Waals surface area contributed by atoms with E-state index in [4.69, 9.17) is 0 Å². The lowest BCUT2D eigenvalue weighted by Gasteiger charge is -2.26. The summed E-state index contributed by atoms with van der Waals surface area (Å²) in [5, 5.41) is 2.76. The van der Waals surface area contributed by atoms with Crippen molar-refractivity contribution in [3.8, 4) is 11.6 Å². The molecule has 0 saturated heterocycles. The first-order valence-electron chi connectivity index (χ1n) is 9.79. The van der Waals surface area contributed by atoms with Gasteiger partial charge in [0.05, 0.1) is 10.9 Å². The Hall–Kier alpha value is -3.28. The van der Waals surface area contributed by atoms with Crippen molar-refractivity contribution in [3.05, 3.63) is 70.2 Å². The number of nitrogens with zero attached hydrogens (tertiary/aromatic N) is 3. The Labute approximate surface area is 189 Å². The van der Waals surface area contributed by atoms with Crippen LogP contribution in [0.3, 0.4) is 0 Å². The molecular formula is C21H17F4N5O2S. The predicted molar refractivity (Wildman–Crippen MR) is 112 cm³/mol. The van der Waals surface area contributed by atoms with Crippen LogP contribution in [0.5, 0.6) is 0 Å². The molecule has 33 heavy (non-hydrogen) atoms. The van der Waals surface area contributed by atoms with Gasteiger partial charge >= 0.3 is 5.51 Å². The van der Waals surface area contributed by atoms with Crippen molar-refractivity contribution >= 4 is 17.7 Å². The van der Waals surface area contributed by atoms with Gasteiger partial charge in [0.25, 0.3) is 11.5 Å². The summed E-state index contributed by atoms with van der Waals surface area (Å²) in [6.07, 6.45) is 4.36. The zero-order valence-corrected chi connectivity index (χ0v) is 17.9. The Bertz CT molecular complexity index is 1250. The molecule has 172 valence electrons. The summed E-state index contributed by atoms with van der Waals surface area (Å²) in [6, 6.07) is 5.30. The predicted octanol–water partition coefficient (Wildman–Crippen LogP) is 4.25. The van der Waals surface area contributed by atoms with Gasteiger partial charge in [-0.2, -0.15) is 13.2 Å². The van der Waals surface area contributed by atoms with Crippen LogP contribution in [0.4, 0.5) is 17.6 Å². The maximum Gasteiger partial charge on any atom is 0.446 e. The van der Waals surface area contributed by atoms with Crippen LogP contribution in [-0.4, -0.2) is 31.4 Å². The number of nitrogens with one attached hydrogen (secondary N) is 2. The van der Waals surface area contributed by atoms with Gasteiger partial charge in [-0.1, -0.05) is 13.0 Å². The molecule has 1 aromatic carbocycles. The van der Waals surface area contributed by atoms with Crippen LogP contribution in [0.25, 0.3) is 11.6 Å². The van der Waals surface area contributed by atoms with Crippen molar-refractivity contribution in [2.75, 3.05) is 0 Å². The third-order valence-electron chi connectivity index (χ3n) is 5.28. The maximum atomic E-state index is 14.4. The van der Waals surface area contributed by atoms with Gasteiger partial charge in [-0.15, -0.1) is 0 Å². The number of carbonyl (C=O) groups excluding carboxylic acids is 1. The molecule has 2 aromatic heterocycles. The molecule has 1 amide bonds. The number of hydrogen-bond donors (Lipinski definition) is 2. The highest BCUT2D eigenvalue weighted by Gasteiger charge is 2.46. The summed E-state index contributed by atoms with van der Waals surface area (Å²) in [5.41, 5.74) is -5.49. The molecule has 0 unspecified atom stereocenters. The van der Waals surface area contributed by atoms with E-state index in [1.54, 1.807) is 6.07 Å². The van der Waals surface area contributed by atoms with E-state index >= 15 is 0 Å². The summed E-state index contributed by atoms with van der Waals surface area (Å²) in [4.78, 5) is 39.1. The van der Waals surface area contributed by atoms with Crippen LogP contribution in [0.1, 0.15) is 41.9 Å². The molecule has 1 atom stereocenters. The number of benzene rings is 1. The van der Waals surface area contributed by atoms with E-state index < -0.39 is 50.9 Å². The molecule has 0 radical (unpaired) electrons. The van der Waals surface area contributed by atoms with Crippen molar-refractivity contribution in [2.45, 2.75) is 36.2 Å². The Balaban J connectivity index is 1.62. The van der Waals surface area contributed by atoms with E-state index in [0.29, 0.717) is 5.56 Å². The summed E-state index contributed by atoms with van der Waals surface area (Å²) >= 11 is -0.540. The molecule has 0 aliphatic heterocycles. The second-order valence-electron chi connectivity index (χ2n) is 7.85. The Morgan fingerprint density at radius 1 is 1.21 bits per heavy atom. The highest BCUT2D eigenvalue weighted by atomic mass is 32.2. The van der Waals surface area contributed by atoms with Crippen LogP contribution in [0, 0.1) is 11.2 Å². The van der Waals surface area contributed by atoms with Gasteiger partial charge < -0.3 is 10.3 Å². The second-order valence-corrected chi connectivity index (χ2v) is 8.96.